The van der Waals surface area contributed by atoms with Crippen LogP contribution < -0.4 is 5.11 Å². The van der Waals surface area contributed by atoms with Gasteiger partial charge in [0, 0.05) is 19.3 Å². The van der Waals surface area contributed by atoms with Gasteiger partial charge in [0.2, 0.25) is 0 Å². The minimum absolute atomic E-state index is 0.0129. The number of carbonyl (C=O) groups excluding carboxylic acids is 3. The third-order valence-electron chi connectivity index (χ3n) is 10.8. The quantitative estimate of drug-likeness (QED) is 0.0259. The molecule has 0 aliphatic rings. The summed E-state index contributed by atoms with van der Waals surface area (Å²) >= 11 is 0. The van der Waals surface area contributed by atoms with Gasteiger partial charge < -0.3 is 28.6 Å². The van der Waals surface area contributed by atoms with Crippen molar-refractivity contribution in [3.05, 3.63) is 122 Å². The fourth-order valence-corrected chi connectivity index (χ4v) is 6.90. The van der Waals surface area contributed by atoms with Crippen LogP contribution in [0, 0.1) is 0 Å². The Hall–Kier alpha value is -4.27. The van der Waals surface area contributed by atoms with Crippen LogP contribution in [-0.4, -0.2) is 75.5 Å². The van der Waals surface area contributed by atoms with Crippen molar-refractivity contribution in [3.63, 3.8) is 0 Å². The van der Waals surface area contributed by atoms with E-state index < -0.39 is 18.1 Å². The van der Waals surface area contributed by atoms with E-state index in [9.17, 15) is 19.5 Å². The van der Waals surface area contributed by atoms with Crippen molar-refractivity contribution >= 4 is 17.9 Å². The molecule has 0 rings (SSSR count). The van der Waals surface area contributed by atoms with E-state index in [-0.39, 0.29) is 49.1 Å². The van der Waals surface area contributed by atoms with Crippen LogP contribution in [0.3, 0.4) is 0 Å². The Morgan fingerprint density at radius 1 is 0.448 bits per heavy atom. The summed E-state index contributed by atoms with van der Waals surface area (Å²) in [5.74, 6) is -1.83. The Bertz CT molecular complexity index is 1500. The molecule has 0 saturated heterocycles. The van der Waals surface area contributed by atoms with Crippen molar-refractivity contribution < 1.29 is 38.2 Å². The van der Waals surface area contributed by atoms with Crippen LogP contribution in [-0.2, 0) is 28.6 Å². The van der Waals surface area contributed by atoms with Gasteiger partial charge in [-0.25, -0.2) is 0 Å². The third-order valence-corrected chi connectivity index (χ3v) is 10.8. The number of ether oxygens (including phenoxy) is 3. The molecule has 0 aliphatic heterocycles. The van der Waals surface area contributed by atoms with Crippen molar-refractivity contribution in [2.75, 3.05) is 41.0 Å². The summed E-state index contributed by atoms with van der Waals surface area (Å²) < 4.78 is 17.2. The molecule has 0 bridgehead atoms. The molecule has 378 valence electrons. The summed E-state index contributed by atoms with van der Waals surface area (Å²) in [7, 11) is 5.39. The molecule has 2 unspecified atom stereocenters. The smallest absolute Gasteiger partial charge is 0.306 e. The SMILES string of the molecule is CC/C=C/C/C=C/C/C=C/C/C=C/C/C=C/C/C=C/C/C=C/CCCC(=O)OCC(COCCC(C(=O)[O-])[N+](C)(C)C)OC(=O)CCCCCCCCCCCC/C=C/C/C=C/C/C=C/CC. The second-order valence-corrected chi connectivity index (χ2v) is 18.0. The molecule has 67 heavy (non-hydrogen) atoms. The number of quaternary nitrogens is 1. The number of likely N-dealkylation sites (N-methyl/N-ethyl adjacent to an activating group) is 1. The molecular weight excluding hydrogens is 835 g/mol. The second-order valence-electron chi connectivity index (χ2n) is 18.0. The molecule has 0 N–H and O–H groups in total. The zero-order valence-corrected chi connectivity index (χ0v) is 43.0. The fourth-order valence-electron chi connectivity index (χ4n) is 6.90. The number of aliphatic carboxylic acids is 1. The van der Waals surface area contributed by atoms with E-state index in [0.29, 0.717) is 12.8 Å². The van der Waals surface area contributed by atoms with Crippen LogP contribution >= 0.6 is 0 Å². The van der Waals surface area contributed by atoms with Crippen molar-refractivity contribution in [1.82, 2.24) is 0 Å². The number of carboxylic acids is 1. The first-order valence-electron chi connectivity index (χ1n) is 26.1. The molecule has 0 aromatic rings. The molecule has 8 heteroatoms. The highest BCUT2D eigenvalue weighted by molar-refractivity contribution is 5.70. The Balaban J connectivity index is 4.37. The van der Waals surface area contributed by atoms with Crippen LogP contribution in [0.4, 0.5) is 0 Å². The Morgan fingerprint density at radius 3 is 1.21 bits per heavy atom. The summed E-state index contributed by atoms with van der Waals surface area (Å²) in [5, 5.41) is 11.7. The average Bonchev–Trinajstić information content (AvgIpc) is 3.29. The standard InChI is InChI=1S/C59H95NO7/c1-6-8-10-12-14-16-18-20-22-24-26-28-29-30-32-33-35-37-39-41-43-45-47-49-57(61)66-54-55(53-65-52-51-56(59(63)64)60(3,4)5)67-58(62)50-48-46-44-42-40-38-36-34-31-27-25-23-21-19-17-15-13-11-9-7-2/h8-11,14-17,20-23,26,28,30,32,35,37,41,43,55-56H,6-7,12-13,18-19,24-25,27,29,31,33-34,36,38-40,42,44-54H2,1-5H3/b10-8+,11-9+,16-14+,17-15+,22-20+,23-21+,28-26+,32-30+,37-35+,43-41+. The summed E-state index contributed by atoms with van der Waals surface area (Å²) in [5.41, 5.74) is 0. The van der Waals surface area contributed by atoms with Gasteiger partial charge in [-0.1, -0.05) is 187 Å². The minimum atomic E-state index is -1.14. The van der Waals surface area contributed by atoms with Crippen LogP contribution in [0.25, 0.3) is 0 Å². The zero-order valence-electron chi connectivity index (χ0n) is 43.0. The van der Waals surface area contributed by atoms with Gasteiger partial charge in [0.15, 0.2) is 6.10 Å². The number of nitrogens with zero attached hydrogens (tertiary/aromatic N) is 1. The lowest BCUT2D eigenvalue weighted by Gasteiger charge is -2.34. The lowest BCUT2D eigenvalue weighted by molar-refractivity contribution is -0.889. The fraction of sp³-hybridized carbons (Fsp3) is 0.610. The first kappa shape index (κ1) is 62.7. The maximum absolute atomic E-state index is 12.8. The first-order valence-corrected chi connectivity index (χ1v) is 26.1. The van der Waals surface area contributed by atoms with Gasteiger partial charge in [-0.2, -0.15) is 0 Å². The predicted octanol–water partition coefficient (Wildman–Crippen LogP) is 14.0. The number of unbranched alkanes of at least 4 members (excludes halogenated alkanes) is 11. The summed E-state index contributed by atoms with van der Waals surface area (Å²) in [6, 6.07) is -0.743. The number of carbonyl (C=O) groups is 3. The van der Waals surface area contributed by atoms with Gasteiger partial charge in [-0.3, -0.25) is 9.59 Å². The molecule has 2 atom stereocenters. The Kier molecular flexibility index (Phi) is 45.1. The summed E-state index contributed by atoms with van der Waals surface area (Å²) in [4.78, 5) is 37.1. The van der Waals surface area contributed by atoms with Gasteiger partial charge in [0.25, 0.3) is 0 Å². The van der Waals surface area contributed by atoms with E-state index in [1.165, 1.54) is 51.4 Å². The second kappa shape index (κ2) is 48.2. The maximum atomic E-state index is 12.8. The van der Waals surface area contributed by atoms with E-state index in [1.54, 1.807) is 21.1 Å². The molecule has 0 fully saturated rings. The van der Waals surface area contributed by atoms with E-state index in [4.69, 9.17) is 14.2 Å². The van der Waals surface area contributed by atoms with Gasteiger partial charge in [-0.05, 0) is 96.3 Å². The van der Waals surface area contributed by atoms with Crippen molar-refractivity contribution in [2.24, 2.45) is 0 Å². The van der Waals surface area contributed by atoms with Gasteiger partial charge in [-0.15, -0.1) is 0 Å². The van der Waals surface area contributed by atoms with Crippen molar-refractivity contribution in [2.45, 2.75) is 193 Å². The molecule has 0 radical (unpaired) electrons. The topological polar surface area (TPSA) is 102 Å². The molecular formula is C59H95NO7. The number of carboxylic acid groups (broad SMARTS) is 1. The van der Waals surface area contributed by atoms with E-state index >= 15 is 0 Å². The summed E-state index contributed by atoms with van der Waals surface area (Å²) in [6.45, 7) is 4.36. The normalized spacial score (nSPS) is 13.9. The Morgan fingerprint density at radius 2 is 0.806 bits per heavy atom. The maximum Gasteiger partial charge on any atom is 0.306 e. The van der Waals surface area contributed by atoms with Crippen molar-refractivity contribution in [1.29, 1.82) is 0 Å². The molecule has 0 spiro atoms. The highest BCUT2D eigenvalue weighted by atomic mass is 16.6. The highest BCUT2D eigenvalue weighted by Crippen LogP contribution is 2.14. The van der Waals surface area contributed by atoms with E-state index in [1.807, 2.05) is 0 Å². The third kappa shape index (κ3) is 46.6. The molecule has 0 aliphatic carbocycles. The number of hydrogen-bond donors (Lipinski definition) is 0. The van der Waals surface area contributed by atoms with Crippen LogP contribution in [0.1, 0.15) is 181 Å². The molecule has 8 nitrogen and oxygen atoms in total. The van der Waals surface area contributed by atoms with Gasteiger partial charge >= 0.3 is 11.9 Å². The molecule has 0 saturated carbocycles. The van der Waals surface area contributed by atoms with Crippen LogP contribution in [0.2, 0.25) is 0 Å². The van der Waals surface area contributed by atoms with Crippen LogP contribution in [0.5, 0.6) is 0 Å². The average molecular weight is 930 g/mol. The van der Waals surface area contributed by atoms with Gasteiger partial charge in [0.05, 0.1) is 40.3 Å². The van der Waals surface area contributed by atoms with Gasteiger partial charge in [0.1, 0.15) is 12.6 Å². The molecule has 0 aromatic heterocycles. The molecule has 0 aromatic carbocycles. The zero-order chi connectivity index (χ0) is 49.2. The number of rotatable bonds is 45. The predicted molar refractivity (Wildman–Crippen MR) is 281 cm³/mol. The monoisotopic (exact) mass is 930 g/mol. The molecule has 0 amide bonds. The largest absolute Gasteiger partial charge is 0.544 e. The number of allylic oxidation sites excluding steroid dienone is 20. The number of hydrogen-bond acceptors (Lipinski definition) is 7. The van der Waals surface area contributed by atoms with Crippen LogP contribution in [0.15, 0.2) is 122 Å². The lowest BCUT2D eigenvalue weighted by atomic mass is 10.0. The van der Waals surface area contributed by atoms with Crippen molar-refractivity contribution in [3.8, 4) is 0 Å². The minimum Gasteiger partial charge on any atom is -0.544 e. The highest BCUT2D eigenvalue weighted by Gasteiger charge is 2.25. The summed E-state index contributed by atoms with van der Waals surface area (Å²) in [6.07, 6.45) is 68.1. The number of esters is 2. The van der Waals surface area contributed by atoms with E-state index in [0.717, 1.165) is 89.9 Å². The lowest BCUT2D eigenvalue weighted by Crippen LogP contribution is -2.55. The van der Waals surface area contributed by atoms with E-state index in [2.05, 4.69) is 135 Å². The first-order chi connectivity index (χ1) is 32.6. The Labute approximate surface area is 410 Å². The molecule has 0 heterocycles.